The second-order valence-electron chi connectivity index (χ2n) is 3.98. The van der Waals surface area contributed by atoms with Gasteiger partial charge in [-0.05, 0) is 50.8 Å². The van der Waals surface area contributed by atoms with Crippen molar-refractivity contribution < 1.29 is 4.39 Å². The van der Waals surface area contributed by atoms with E-state index in [1.807, 2.05) is 19.0 Å². The molecule has 16 heavy (non-hydrogen) atoms. The molecule has 0 aromatic heterocycles. The first kappa shape index (κ1) is 13.4. The van der Waals surface area contributed by atoms with Gasteiger partial charge in [0.05, 0.1) is 0 Å². The Labute approximate surface area is 100 Å². The fraction of sp³-hybridized carbons (Fsp3) is 0.455. The second-order valence-corrected chi connectivity index (χ2v) is 4.38. The van der Waals surface area contributed by atoms with E-state index in [2.05, 4.69) is 5.43 Å². The molecule has 3 nitrogen and oxygen atoms in total. The molecule has 1 aromatic carbocycles. The summed E-state index contributed by atoms with van der Waals surface area (Å²) in [5, 5.41) is 0.531. The molecule has 0 saturated heterocycles. The smallest absolute Gasteiger partial charge is 0.123 e. The summed E-state index contributed by atoms with van der Waals surface area (Å²) < 4.78 is 13.1. The van der Waals surface area contributed by atoms with Crippen molar-refractivity contribution in [2.45, 2.75) is 12.5 Å². The minimum atomic E-state index is -0.301. The fourth-order valence-electron chi connectivity index (χ4n) is 1.50. The van der Waals surface area contributed by atoms with E-state index in [0.29, 0.717) is 10.6 Å². The van der Waals surface area contributed by atoms with Crippen molar-refractivity contribution in [3.63, 3.8) is 0 Å². The number of nitrogens with zero attached hydrogens (tertiary/aromatic N) is 1. The number of nitrogens with one attached hydrogen (secondary N) is 1. The SMILES string of the molecule is CN(C)CCC(NN)c1cc(F)ccc1Cl. The van der Waals surface area contributed by atoms with E-state index in [0.717, 1.165) is 13.0 Å². The minimum Gasteiger partial charge on any atom is -0.309 e. The molecule has 0 aliphatic carbocycles. The van der Waals surface area contributed by atoms with Crippen molar-refractivity contribution in [1.82, 2.24) is 10.3 Å². The largest absolute Gasteiger partial charge is 0.309 e. The molecule has 0 saturated carbocycles. The zero-order valence-electron chi connectivity index (χ0n) is 9.50. The molecule has 1 rings (SSSR count). The lowest BCUT2D eigenvalue weighted by Gasteiger charge is -2.19. The molecular formula is C11H17ClFN3. The summed E-state index contributed by atoms with van der Waals surface area (Å²) in [7, 11) is 3.95. The molecule has 0 amide bonds. The molecule has 0 fully saturated rings. The second kappa shape index (κ2) is 6.15. The highest BCUT2D eigenvalue weighted by Gasteiger charge is 2.14. The maximum absolute atomic E-state index is 13.1. The van der Waals surface area contributed by atoms with E-state index >= 15 is 0 Å². The molecule has 5 heteroatoms. The van der Waals surface area contributed by atoms with Gasteiger partial charge in [-0.25, -0.2) is 4.39 Å². The van der Waals surface area contributed by atoms with Crippen LogP contribution < -0.4 is 11.3 Å². The maximum Gasteiger partial charge on any atom is 0.123 e. The van der Waals surface area contributed by atoms with E-state index in [1.54, 1.807) is 6.07 Å². The number of hydrogen-bond acceptors (Lipinski definition) is 3. The zero-order chi connectivity index (χ0) is 12.1. The van der Waals surface area contributed by atoms with Gasteiger partial charge in [0.25, 0.3) is 0 Å². The standard InChI is InChI=1S/C11H17ClFN3/c1-16(2)6-5-11(15-14)9-7-8(13)3-4-10(9)12/h3-4,7,11,15H,5-6,14H2,1-2H3. The molecule has 90 valence electrons. The van der Waals surface area contributed by atoms with E-state index in [4.69, 9.17) is 17.4 Å². The molecule has 3 N–H and O–H groups in total. The zero-order valence-corrected chi connectivity index (χ0v) is 10.3. The lowest BCUT2D eigenvalue weighted by Crippen LogP contribution is -2.31. The van der Waals surface area contributed by atoms with Crippen molar-refractivity contribution in [3.05, 3.63) is 34.6 Å². The molecule has 0 spiro atoms. The Morgan fingerprint density at radius 3 is 2.75 bits per heavy atom. The van der Waals surface area contributed by atoms with Gasteiger partial charge >= 0.3 is 0 Å². The van der Waals surface area contributed by atoms with E-state index in [-0.39, 0.29) is 11.9 Å². The van der Waals surface area contributed by atoms with Gasteiger partial charge in [-0.3, -0.25) is 11.3 Å². The highest BCUT2D eigenvalue weighted by atomic mass is 35.5. The van der Waals surface area contributed by atoms with Crippen LogP contribution in [0, 0.1) is 5.82 Å². The summed E-state index contributed by atoms with van der Waals surface area (Å²) in [6, 6.07) is 4.17. The number of hydrazine groups is 1. The van der Waals surface area contributed by atoms with E-state index < -0.39 is 0 Å². The number of nitrogens with two attached hydrogens (primary N) is 1. The monoisotopic (exact) mass is 245 g/mol. The summed E-state index contributed by atoms with van der Waals surface area (Å²) >= 11 is 6.01. The van der Waals surface area contributed by atoms with Crippen LogP contribution in [0.2, 0.25) is 5.02 Å². The van der Waals surface area contributed by atoms with Crippen LogP contribution >= 0.6 is 11.6 Å². The van der Waals surface area contributed by atoms with Gasteiger partial charge < -0.3 is 4.90 Å². The number of halogens is 2. The topological polar surface area (TPSA) is 41.3 Å². The molecule has 0 heterocycles. The molecule has 0 bridgehead atoms. The van der Waals surface area contributed by atoms with Crippen molar-refractivity contribution >= 4 is 11.6 Å². The third-order valence-electron chi connectivity index (χ3n) is 2.40. The highest BCUT2D eigenvalue weighted by molar-refractivity contribution is 6.31. The quantitative estimate of drug-likeness (QED) is 0.615. The average molecular weight is 246 g/mol. The van der Waals surface area contributed by atoms with Crippen LogP contribution in [0.1, 0.15) is 18.0 Å². The normalized spacial score (nSPS) is 13.1. The summed E-state index contributed by atoms with van der Waals surface area (Å²) in [6.07, 6.45) is 0.771. The fourth-order valence-corrected chi connectivity index (χ4v) is 1.75. The van der Waals surface area contributed by atoms with Crippen LogP contribution in [0.5, 0.6) is 0 Å². The molecule has 0 aliphatic heterocycles. The minimum absolute atomic E-state index is 0.134. The number of rotatable bonds is 5. The first-order valence-corrected chi connectivity index (χ1v) is 5.48. The Morgan fingerprint density at radius 1 is 1.50 bits per heavy atom. The maximum atomic E-state index is 13.1. The van der Waals surface area contributed by atoms with Crippen LogP contribution in [0.25, 0.3) is 0 Å². The van der Waals surface area contributed by atoms with Crippen molar-refractivity contribution in [2.75, 3.05) is 20.6 Å². The van der Waals surface area contributed by atoms with E-state index in [1.165, 1.54) is 12.1 Å². The Hall–Kier alpha value is -0.680. The Bertz CT molecular complexity index is 344. The van der Waals surface area contributed by atoms with Gasteiger partial charge in [0.2, 0.25) is 0 Å². The Kier molecular flexibility index (Phi) is 5.15. The van der Waals surface area contributed by atoms with Gasteiger partial charge in [-0.2, -0.15) is 0 Å². The lowest BCUT2D eigenvalue weighted by molar-refractivity contribution is 0.362. The molecular weight excluding hydrogens is 229 g/mol. The first-order chi connectivity index (χ1) is 7.54. The van der Waals surface area contributed by atoms with Crippen LogP contribution in [0.15, 0.2) is 18.2 Å². The highest BCUT2D eigenvalue weighted by Crippen LogP contribution is 2.25. The predicted octanol–water partition coefficient (Wildman–Crippen LogP) is 1.94. The van der Waals surface area contributed by atoms with Crippen molar-refractivity contribution in [2.24, 2.45) is 5.84 Å². The molecule has 0 radical (unpaired) electrons. The third-order valence-corrected chi connectivity index (χ3v) is 2.74. The Balaban J connectivity index is 2.81. The van der Waals surface area contributed by atoms with Gasteiger partial charge in [0.1, 0.15) is 5.82 Å². The summed E-state index contributed by atoms with van der Waals surface area (Å²) in [4.78, 5) is 2.04. The van der Waals surface area contributed by atoms with Gasteiger partial charge in [0, 0.05) is 11.1 Å². The summed E-state index contributed by atoms with van der Waals surface area (Å²) in [5.41, 5.74) is 3.36. The van der Waals surface area contributed by atoms with Crippen LogP contribution in [-0.4, -0.2) is 25.5 Å². The average Bonchev–Trinajstić information content (AvgIpc) is 2.23. The van der Waals surface area contributed by atoms with Gasteiger partial charge in [-0.15, -0.1) is 0 Å². The van der Waals surface area contributed by atoms with Crippen LogP contribution in [0.3, 0.4) is 0 Å². The van der Waals surface area contributed by atoms with Crippen molar-refractivity contribution in [3.8, 4) is 0 Å². The first-order valence-electron chi connectivity index (χ1n) is 5.10. The van der Waals surface area contributed by atoms with Gasteiger partial charge in [-0.1, -0.05) is 11.6 Å². The third kappa shape index (κ3) is 3.72. The lowest BCUT2D eigenvalue weighted by atomic mass is 10.0. The number of hydrogen-bond donors (Lipinski definition) is 2. The Morgan fingerprint density at radius 2 is 2.19 bits per heavy atom. The molecule has 1 unspecified atom stereocenters. The van der Waals surface area contributed by atoms with E-state index in [9.17, 15) is 4.39 Å². The number of benzene rings is 1. The van der Waals surface area contributed by atoms with Gasteiger partial charge in [0.15, 0.2) is 0 Å². The summed E-state index contributed by atoms with van der Waals surface area (Å²) in [6.45, 7) is 0.849. The van der Waals surface area contributed by atoms with Crippen LogP contribution in [-0.2, 0) is 0 Å². The molecule has 1 aromatic rings. The van der Waals surface area contributed by atoms with Crippen LogP contribution in [0.4, 0.5) is 4.39 Å². The molecule has 0 aliphatic rings. The molecule has 1 atom stereocenters. The van der Waals surface area contributed by atoms with Crippen molar-refractivity contribution in [1.29, 1.82) is 0 Å². The summed E-state index contributed by atoms with van der Waals surface area (Å²) in [5.74, 6) is 5.16. The predicted molar refractivity (Wildman–Crippen MR) is 64.6 cm³/mol.